The maximum Gasteiger partial charge on any atom is 0.416 e. The monoisotopic (exact) mass is 752 g/mol. The molecule has 0 saturated carbocycles. The molecule has 1 saturated heterocycles. The number of hydrazine groups is 2. The van der Waals surface area contributed by atoms with Crippen molar-refractivity contribution < 1.29 is 49.0 Å². The van der Waals surface area contributed by atoms with E-state index in [0.29, 0.717) is 43.8 Å². The van der Waals surface area contributed by atoms with E-state index >= 15 is 0 Å². The fourth-order valence-electron chi connectivity index (χ4n) is 6.24. The van der Waals surface area contributed by atoms with Crippen molar-refractivity contribution in [2.45, 2.75) is 77.2 Å². The van der Waals surface area contributed by atoms with Crippen molar-refractivity contribution in [2.24, 2.45) is 21.7 Å². The Morgan fingerprint density at radius 2 is 1.65 bits per heavy atom. The summed E-state index contributed by atoms with van der Waals surface area (Å²) >= 11 is 0. The van der Waals surface area contributed by atoms with Crippen LogP contribution in [0.25, 0.3) is 0 Å². The van der Waals surface area contributed by atoms with Gasteiger partial charge in [-0.3, -0.25) is 15.1 Å². The minimum atomic E-state index is -5.10. The highest BCUT2D eigenvalue weighted by molar-refractivity contribution is 5.94. The molecule has 10 nitrogen and oxygen atoms in total. The second-order valence-electron chi connectivity index (χ2n) is 12.7. The zero-order valence-corrected chi connectivity index (χ0v) is 28.7. The number of piperidine rings is 1. The molecule has 2 aliphatic rings. The number of hydrazone groups is 1. The van der Waals surface area contributed by atoms with Gasteiger partial charge in [-0.1, -0.05) is 19.9 Å². The molecule has 0 radical (unpaired) electrons. The first-order valence-corrected chi connectivity index (χ1v) is 16.5. The highest BCUT2D eigenvalue weighted by Gasteiger charge is 2.38. The van der Waals surface area contributed by atoms with Crippen molar-refractivity contribution in [1.29, 1.82) is 0 Å². The molecule has 0 spiro atoms. The van der Waals surface area contributed by atoms with Crippen LogP contribution in [0.3, 0.4) is 0 Å². The lowest BCUT2D eigenvalue weighted by Gasteiger charge is -2.39. The number of halogens is 9. The molecule has 52 heavy (non-hydrogen) atoms. The number of carbonyl (C=O) groups is 1. The number of ether oxygens (including phenoxy) is 1. The van der Waals surface area contributed by atoms with Gasteiger partial charge in [-0.2, -0.15) is 44.5 Å². The summed E-state index contributed by atoms with van der Waals surface area (Å²) < 4.78 is 130. The molecule has 2 unspecified atom stereocenters. The van der Waals surface area contributed by atoms with E-state index in [-0.39, 0.29) is 60.4 Å². The number of likely N-dealkylation sites (tertiary alicyclic amines) is 1. The number of guanidine groups is 1. The fraction of sp³-hybridized carbons (Fsp3) is 0.545. The number of amides is 1. The molecule has 4 N–H and O–H groups in total. The minimum absolute atomic E-state index is 0.0120. The molecule has 2 heterocycles. The van der Waals surface area contributed by atoms with Gasteiger partial charge in [-0.05, 0) is 78.7 Å². The van der Waals surface area contributed by atoms with Crippen molar-refractivity contribution in [3.63, 3.8) is 0 Å². The van der Waals surface area contributed by atoms with E-state index < -0.39 is 47.8 Å². The van der Waals surface area contributed by atoms with Crippen molar-refractivity contribution in [3.05, 3.63) is 69.8 Å². The maximum atomic E-state index is 14.1. The SMILES string of the molecule is CCC(=O)N=C(N)COCC1CCCN(C(CC)c2ccc(C(F)(F)F)cc2CN(Cc2cc(C(F)(F)F)cc(C(F)(F)F)c2)C2=NNN(C)N2)C1. The van der Waals surface area contributed by atoms with Crippen LogP contribution < -0.4 is 16.7 Å². The number of rotatable bonds is 12. The van der Waals surface area contributed by atoms with Gasteiger partial charge in [0.1, 0.15) is 12.4 Å². The highest BCUT2D eigenvalue weighted by Crippen LogP contribution is 2.39. The van der Waals surface area contributed by atoms with Crippen LogP contribution in [0, 0.1) is 5.92 Å². The molecule has 2 aromatic carbocycles. The molecular weight excluding hydrogens is 711 g/mol. The number of nitrogens with zero attached hydrogens (tertiary/aromatic N) is 5. The van der Waals surface area contributed by atoms with Gasteiger partial charge in [0.2, 0.25) is 11.9 Å². The third kappa shape index (κ3) is 11.0. The number of nitrogens with one attached hydrogen (secondary N) is 2. The number of aliphatic imine (C=N–C) groups is 1. The van der Waals surface area contributed by atoms with Gasteiger partial charge >= 0.3 is 18.5 Å². The Balaban J connectivity index is 1.67. The van der Waals surface area contributed by atoms with Crippen LogP contribution in [0.5, 0.6) is 0 Å². The Morgan fingerprint density at radius 3 is 2.21 bits per heavy atom. The number of nitrogens with two attached hydrogens (primary N) is 1. The lowest BCUT2D eigenvalue weighted by Crippen LogP contribution is -2.45. The average molecular weight is 753 g/mol. The van der Waals surface area contributed by atoms with Gasteiger partial charge in [-0.15, -0.1) is 10.2 Å². The molecular formula is C33H41F9N8O2. The van der Waals surface area contributed by atoms with E-state index in [1.54, 1.807) is 6.92 Å². The summed E-state index contributed by atoms with van der Waals surface area (Å²) in [6, 6.07) is 4.04. The minimum Gasteiger partial charge on any atom is -0.385 e. The number of amidine groups is 1. The Bertz CT molecular complexity index is 1580. The topological polar surface area (TPSA) is 111 Å². The summed E-state index contributed by atoms with van der Waals surface area (Å²) in [5.41, 5.74) is 7.38. The summed E-state index contributed by atoms with van der Waals surface area (Å²) in [6.45, 7) is 3.97. The molecule has 19 heteroatoms. The maximum absolute atomic E-state index is 14.1. The molecule has 288 valence electrons. The molecule has 2 aromatic rings. The van der Waals surface area contributed by atoms with Crippen LogP contribution in [0.4, 0.5) is 39.5 Å². The second-order valence-corrected chi connectivity index (χ2v) is 12.7. The lowest BCUT2D eigenvalue weighted by atomic mass is 9.91. The molecule has 4 rings (SSSR count). The van der Waals surface area contributed by atoms with Gasteiger partial charge in [0.15, 0.2) is 0 Å². The Hall–Kier alpha value is -4.10. The zero-order valence-electron chi connectivity index (χ0n) is 28.7. The first kappa shape index (κ1) is 40.7. The number of alkyl halides is 9. The number of hydrogen-bond donors (Lipinski definition) is 3. The first-order valence-electron chi connectivity index (χ1n) is 16.5. The Morgan fingerprint density at radius 1 is 1.00 bits per heavy atom. The molecule has 1 amide bonds. The van der Waals surface area contributed by atoms with Crippen LogP contribution >= 0.6 is 0 Å². The number of hydrogen-bond acceptors (Lipinski definition) is 8. The molecule has 1 fully saturated rings. The van der Waals surface area contributed by atoms with Crippen LogP contribution in [-0.4, -0.2) is 66.0 Å². The van der Waals surface area contributed by atoms with Crippen molar-refractivity contribution in [2.75, 3.05) is 33.4 Å². The molecule has 0 aliphatic carbocycles. The largest absolute Gasteiger partial charge is 0.416 e. The van der Waals surface area contributed by atoms with E-state index in [4.69, 9.17) is 10.5 Å². The quantitative estimate of drug-likeness (QED) is 0.129. The summed E-state index contributed by atoms with van der Waals surface area (Å²) in [7, 11) is 1.49. The summed E-state index contributed by atoms with van der Waals surface area (Å²) in [5, 5.41) is 5.32. The molecule has 2 atom stereocenters. The normalized spacial score (nSPS) is 18.5. The highest BCUT2D eigenvalue weighted by atomic mass is 19.4. The van der Waals surface area contributed by atoms with Crippen LogP contribution in [0.1, 0.15) is 79.0 Å². The van der Waals surface area contributed by atoms with Gasteiger partial charge in [0, 0.05) is 39.1 Å². The lowest BCUT2D eigenvalue weighted by molar-refractivity contribution is -0.143. The number of carbonyl (C=O) groups excluding carboxylic acids is 1. The van der Waals surface area contributed by atoms with E-state index in [0.717, 1.165) is 25.0 Å². The third-order valence-electron chi connectivity index (χ3n) is 8.64. The summed E-state index contributed by atoms with van der Waals surface area (Å²) in [4.78, 5) is 18.7. The summed E-state index contributed by atoms with van der Waals surface area (Å²) in [6.07, 6.45) is -12.7. The first-order chi connectivity index (χ1) is 24.3. The standard InChI is InChI=1S/C33H41F9N8O2/c1-4-27(49-10-6-7-20(15-49)18-52-19-28(43)44-29(51)5-2)26-9-8-23(31(34,35)36)13-22(26)17-50(30-45-47-48(3)46-30)16-21-11-24(32(37,38)39)14-25(12-21)33(40,41)42/h8-9,11-14,20,27,47H,4-7,10,15-19H2,1-3H3,(H,45,46)(H2,43,44,51). The zero-order chi connectivity index (χ0) is 38.4. The van der Waals surface area contributed by atoms with Gasteiger partial charge in [-0.25, -0.2) is 5.53 Å². The smallest absolute Gasteiger partial charge is 0.385 e. The summed E-state index contributed by atoms with van der Waals surface area (Å²) in [5.74, 6) is -0.341. The Kier molecular flexibility index (Phi) is 13.1. The van der Waals surface area contributed by atoms with Gasteiger partial charge < -0.3 is 15.4 Å². The van der Waals surface area contributed by atoms with Crippen LogP contribution in [0.15, 0.2) is 46.5 Å². The molecule has 0 aromatic heterocycles. The van der Waals surface area contributed by atoms with E-state index in [1.807, 2.05) is 6.92 Å². The van der Waals surface area contributed by atoms with Gasteiger partial charge in [0.25, 0.3) is 0 Å². The van der Waals surface area contributed by atoms with E-state index in [9.17, 15) is 44.3 Å². The Labute approximate surface area is 294 Å². The van der Waals surface area contributed by atoms with Crippen molar-refractivity contribution >= 4 is 17.7 Å². The third-order valence-corrected chi connectivity index (χ3v) is 8.64. The average Bonchev–Trinajstić information content (AvgIpc) is 3.50. The predicted octanol–water partition coefficient (Wildman–Crippen LogP) is 6.44. The number of benzene rings is 2. The van der Waals surface area contributed by atoms with E-state index in [1.165, 1.54) is 23.1 Å². The second kappa shape index (κ2) is 16.7. The molecule has 2 aliphatic heterocycles. The predicted molar refractivity (Wildman–Crippen MR) is 174 cm³/mol. The van der Waals surface area contributed by atoms with Crippen LogP contribution in [-0.2, 0) is 41.1 Å². The van der Waals surface area contributed by atoms with E-state index in [2.05, 4.69) is 26.0 Å². The van der Waals surface area contributed by atoms with Gasteiger partial charge in [0.05, 0.1) is 23.3 Å². The van der Waals surface area contributed by atoms with Crippen molar-refractivity contribution in [1.82, 2.24) is 25.9 Å². The molecule has 0 bridgehead atoms. The fourth-order valence-corrected chi connectivity index (χ4v) is 6.24. The van der Waals surface area contributed by atoms with Crippen LogP contribution in [0.2, 0.25) is 0 Å². The van der Waals surface area contributed by atoms with Crippen molar-refractivity contribution in [3.8, 4) is 0 Å².